The van der Waals surface area contributed by atoms with Gasteiger partial charge in [0.1, 0.15) is 5.76 Å². The number of carbonyl (C=O) groups excluding carboxylic acids is 1. The number of rotatable bonds is 2. The zero-order valence-electron chi connectivity index (χ0n) is 8.80. The Morgan fingerprint density at radius 1 is 1.57 bits per heavy atom. The first-order valence-corrected chi connectivity index (χ1v) is 4.71. The molecule has 2 nitrogen and oxygen atoms in total. The number of hydrogen-bond donors (Lipinski definition) is 0. The van der Waals surface area contributed by atoms with Gasteiger partial charge in [0, 0.05) is 19.3 Å². The summed E-state index contributed by atoms with van der Waals surface area (Å²) in [7, 11) is 0. The second-order valence-electron chi connectivity index (χ2n) is 3.73. The Morgan fingerprint density at radius 3 is 2.64 bits per heavy atom. The number of allylic oxidation sites excluding steroid dienone is 3. The lowest BCUT2D eigenvalue weighted by Crippen LogP contribution is -2.12. The van der Waals surface area contributed by atoms with Gasteiger partial charge in [0.25, 0.3) is 0 Å². The molecule has 0 radical (unpaired) electrons. The predicted molar refractivity (Wildman–Crippen MR) is 56.5 cm³/mol. The van der Waals surface area contributed by atoms with Crippen LogP contribution in [0.1, 0.15) is 26.7 Å². The molecule has 0 heterocycles. The summed E-state index contributed by atoms with van der Waals surface area (Å²) in [4.78, 5) is 10.7. The number of hydrogen-bond acceptors (Lipinski definition) is 2. The molecule has 0 N–H and O–H groups in total. The highest BCUT2D eigenvalue weighted by Crippen LogP contribution is 2.32. The van der Waals surface area contributed by atoms with Crippen LogP contribution in [0.25, 0.3) is 0 Å². The first-order valence-electron chi connectivity index (χ1n) is 4.71. The summed E-state index contributed by atoms with van der Waals surface area (Å²) >= 11 is 0. The van der Waals surface area contributed by atoms with E-state index in [0.29, 0.717) is 12.3 Å². The molecule has 0 bridgehead atoms. The maximum absolute atomic E-state index is 10.7. The summed E-state index contributed by atoms with van der Waals surface area (Å²) in [5.41, 5.74) is 2.20. The molecule has 1 rings (SSSR count). The monoisotopic (exact) mass is 192 g/mol. The molecule has 14 heavy (non-hydrogen) atoms. The first-order chi connectivity index (χ1) is 6.50. The van der Waals surface area contributed by atoms with E-state index < -0.39 is 0 Å². The van der Waals surface area contributed by atoms with Gasteiger partial charge in [0.05, 0.1) is 0 Å². The molecule has 0 spiro atoms. The Labute approximate surface area is 85.0 Å². The quantitative estimate of drug-likeness (QED) is 0.496. The molecule has 0 saturated heterocycles. The van der Waals surface area contributed by atoms with Crippen LogP contribution in [0.15, 0.2) is 36.1 Å². The molecule has 0 amide bonds. The van der Waals surface area contributed by atoms with Gasteiger partial charge in [-0.15, -0.1) is 0 Å². The topological polar surface area (TPSA) is 26.3 Å². The summed E-state index contributed by atoms with van der Waals surface area (Å²) in [6.07, 6.45) is 3.45. The van der Waals surface area contributed by atoms with Gasteiger partial charge in [0.2, 0.25) is 0 Å². The Kier molecular flexibility index (Phi) is 3.28. The van der Waals surface area contributed by atoms with Crippen LogP contribution in [0.3, 0.4) is 0 Å². The Balaban J connectivity index is 2.67. The van der Waals surface area contributed by atoms with E-state index in [9.17, 15) is 4.79 Å². The third-order valence-corrected chi connectivity index (χ3v) is 2.35. The van der Waals surface area contributed by atoms with Crippen molar-refractivity contribution in [2.24, 2.45) is 5.92 Å². The van der Waals surface area contributed by atoms with Crippen molar-refractivity contribution in [3.8, 4) is 0 Å². The molecule has 1 aliphatic carbocycles. The average molecular weight is 192 g/mol. The zero-order valence-corrected chi connectivity index (χ0v) is 8.80. The Morgan fingerprint density at radius 2 is 2.21 bits per heavy atom. The zero-order chi connectivity index (χ0) is 10.7. The van der Waals surface area contributed by atoms with Crippen molar-refractivity contribution >= 4 is 5.97 Å². The Bertz CT molecular complexity index is 310. The normalized spacial score (nSPS) is 21.4. The largest absolute Gasteiger partial charge is 0.431 e. The van der Waals surface area contributed by atoms with Crippen LogP contribution in [0.5, 0.6) is 0 Å². The molecule has 0 fully saturated rings. The van der Waals surface area contributed by atoms with Crippen molar-refractivity contribution in [2.75, 3.05) is 0 Å². The average Bonchev–Trinajstić information content (AvgIpc) is 2.01. The third-order valence-electron chi connectivity index (χ3n) is 2.35. The summed E-state index contributed by atoms with van der Waals surface area (Å²) in [5, 5.41) is 0. The van der Waals surface area contributed by atoms with Crippen molar-refractivity contribution in [1.29, 1.82) is 0 Å². The third kappa shape index (κ3) is 2.59. The Hall–Kier alpha value is -1.31. The van der Waals surface area contributed by atoms with Crippen LogP contribution in [0.4, 0.5) is 0 Å². The van der Waals surface area contributed by atoms with Crippen molar-refractivity contribution < 1.29 is 9.53 Å². The molecular weight excluding hydrogens is 176 g/mol. The molecule has 0 aromatic rings. The second kappa shape index (κ2) is 4.27. The van der Waals surface area contributed by atoms with Crippen LogP contribution in [0.2, 0.25) is 0 Å². The molecule has 0 saturated carbocycles. The molecule has 0 aliphatic heterocycles. The lowest BCUT2D eigenvalue weighted by atomic mass is 9.84. The highest BCUT2D eigenvalue weighted by molar-refractivity contribution is 5.67. The van der Waals surface area contributed by atoms with Crippen LogP contribution in [-0.4, -0.2) is 5.97 Å². The van der Waals surface area contributed by atoms with Gasteiger partial charge in [0.15, 0.2) is 0 Å². The summed E-state index contributed by atoms with van der Waals surface area (Å²) in [6.45, 7) is 11.3. The lowest BCUT2D eigenvalue weighted by Gasteiger charge is -2.24. The van der Waals surface area contributed by atoms with Gasteiger partial charge < -0.3 is 4.74 Å². The fourth-order valence-electron chi connectivity index (χ4n) is 1.65. The van der Waals surface area contributed by atoms with Gasteiger partial charge in [-0.05, 0) is 19.4 Å². The van der Waals surface area contributed by atoms with Gasteiger partial charge >= 0.3 is 5.97 Å². The molecular formula is C12H16O2. The van der Waals surface area contributed by atoms with Crippen molar-refractivity contribution in [3.05, 3.63) is 36.1 Å². The van der Waals surface area contributed by atoms with Crippen molar-refractivity contribution in [1.82, 2.24) is 0 Å². The lowest BCUT2D eigenvalue weighted by molar-refractivity contribution is -0.137. The van der Waals surface area contributed by atoms with Crippen LogP contribution < -0.4 is 0 Å². The summed E-state index contributed by atoms with van der Waals surface area (Å²) in [5.74, 6) is 0.798. The predicted octanol–water partition coefficient (Wildman–Crippen LogP) is 2.98. The first kappa shape index (κ1) is 10.8. The highest BCUT2D eigenvalue weighted by atomic mass is 16.5. The fraction of sp³-hybridized carbons (Fsp3) is 0.417. The minimum Gasteiger partial charge on any atom is -0.431 e. The number of esters is 1. The van der Waals surface area contributed by atoms with Gasteiger partial charge in [-0.3, -0.25) is 4.79 Å². The SMILES string of the molecule is C=C(C)[C@@H]1CC=C(OC(C)=O)CC1=C. The van der Waals surface area contributed by atoms with Crippen LogP contribution in [0, 0.1) is 5.92 Å². The molecule has 1 atom stereocenters. The smallest absolute Gasteiger partial charge is 0.307 e. The van der Waals surface area contributed by atoms with Crippen LogP contribution >= 0.6 is 0 Å². The van der Waals surface area contributed by atoms with E-state index in [0.717, 1.165) is 23.3 Å². The van der Waals surface area contributed by atoms with Gasteiger partial charge in [-0.2, -0.15) is 0 Å². The minimum atomic E-state index is -0.266. The highest BCUT2D eigenvalue weighted by Gasteiger charge is 2.20. The molecule has 0 unspecified atom stereocenters. The molecule has 76 valence electrons. The molecule has 0 aromatic heterocycles. The summed E-state index contributed by atoms with van der Waals surface area (Å²) < 4.78 is 5.02. The van der Waals surface area contributed by atoms with E-state index in [-0.39, 0.29) is 5.97 Å². The molecule has 1 aliphatic rings. The fourth-order valence-corrected chi connectivity index (χ4v) is 1.65. The minimum absolute atomic E-state index is 0.266. The van der Waals surface area contributed by atoms with Crippen LogP contribution in [-0.2, 0) is 9.53 Å². The standard InChI is InChI=1S/C12H16O2/c1-8(2)12-6-5-11(7-9(12)3)14-10(4)13/h5,12H,1,3,6-7H2,2,4H3/t12-/m0/s1. The second-order valence-corrected chi connectivity index (χ2v) is 3.73. The van der Waals surface area contributed by atoms with Gasteiger partial charge in [-0.1, -0.05) is 24.3 Å². The van der Waals surface area contributed by atoms with E-state index in [2.05, 4.69) is 13.2 Å². The number of ether oxygens (including phenoxy) is 1. The molecule has 2 heteroatoms. The number of carbonyl (C=O) groups is 1. The van der Waals surface area contributed by atoms with Gasteiger partial charge in [-0.25, -0.2) is 0 Å². The van der Waals surface area contributed by atoms with E-state index in [1.54, 1.807) is 0 Å². The summed E-state index contributed by atoms with van der Waals surface area (Å²) in [6, 6.07) is 0. The van der Waals surface area contributed by atoms with E-state index in [4.69, 9.17) is 4.74 Å². The van der Waals surface area contributed by atoms with E-state index >= 15 is 0 Å². The molecule has 0 aromatic carbocycles. The maximum atomic E-state index is 10.7. The van der Waals surface area contributed by atoms with Crippen molar-refractivity contribution in [3.63, 3.8) is 0 Å². The maximum Gasteiger partial charge on any atom is 0.307 e. The van der Waals surface area contributed by atoms with E-state index in [1.165, 1.54) is 6.92 Å². The van der Waals surface area contributed by atoms with E-state index in [1.807, 2.05) is 13.0 Å². The van der Waals surface area contributed by atoms with Crippen molar-refractivity contribution in [2.45, 2.75) is 26.7 Å².